The molecule has 30 heavy (non-hydrogen) atoms. The summed E-state index contributed by atoms with van der Waals surface area (Å²) in [6.45, 7) is 0.786. The van der Waals surface area contributed by atoms with Crippen LogP contribution in [0.3, 0.4) is 0 Å². The van der Waals surface area contributed by atoms with Gasteiger partial charge in [-0.25, -0.2) is 0 Å². The summed E-state index contributed by atoms with van der Waals surface area (Å²) in [5.41, 5.74) is 8.81. The van der Waals surface area contributed by atoms with E-state index in [1.807, 2.05) is 30.0 Å². The Labute approximate surface area is 186 Å². The highest BCUT2D eigenvalue weighted by Gasteiger charge is 2.27. The minimum Gasteiger partial charge on any atom is -0.454 e. The molecule has 1 unspecified atom stereocenters. The molecule has 1 fully saturated rings. The first kappa shape index (κ1) is 21.2. The number of hydrogen-bond donors (Lipinski definition) is 2. The molecule has 1 aliphatic heterocycles. The van der Waals surface area contributed by atoms with E-state index in [1.165, 1.54) is 32.1 Å². The molecule has 160 valence electrons. The zero-order chi connectivity index (χ0) is 20.9. The molecule has 2 aliphatic rings. The molecule has 0 aromatic heterocycles. The summed E-state index contributed by atoms with van der Waals surface area (Å²) >= 11 is 8.13. The fourth-order valence-corrected chi connectivity index (χ4v) is 5.78. The van der Waals surface area contributed by atoms with Crippen molar-refractivity contribution in [3.05, 3.63) is 52.5 Å². The van der Waals surface area contributed by atoms with Crippen LogP contribution in [-0.2, 0) is 0 Å². The van der Waals surface area contributed by atoms with Gasteiger partial charge in [-0.1, -0.05) is 30.9 Å². The van der Waals surface area contributed by atoms with Crippen molar-refractivity contribution >= 4 is 35.0 Å². The van der Waals surface area contributed by atoms with E-state index in [0.717, 1.165) is 22.0 Å². The van der Waals surface area contributed by atoms with Crippen LogP contribution < -0.4 is 20.5 Å². The number of carbonyl (C=O) groups excluding carboxylic acids is 1. The summed E-state index contributed by atoms with van der Waals surface area (Å²) in [5, 5.41) is 4.03. The summed E-state index contributed by atoms with van der Waals surface area (Å²) in [6, 6.07) is 11.0. The summed E-state index contributed by atoms with van der Waals surface area (Å²) in [6.07, 6.45) is 6.27. The Morgan fingerprint density at radius 2 is 1.93 bits per heavy atom. The number of amides is 1. The van der Waals surface area contributed by atoms with Crippen LogP contribution in [0.2, 0.25) is 5.02 Å². The van der Waals surface area contributed by atoms with Gasteiger partial charge in [0.15, 0.2) is 11.5 Å². The van der Waals surface area contributed by atoms with Crippen molar-refractivity contribution in [3.8, 4) is 11.5 Å². The van der Waals surface area contributed by atoms with Gasteiger partial charge in [0.1, 0.15) is 0 Å². The maximum absolute atomic E-state index is 12.5. The SMILES string of the molecule is Nc1ccc(Cl)cc1C(SCCNC(=O)c1ccc2c(c1)OCO2)C1CCCCC1. The Balaban J connectivity index is 1.36. The second kappa shape index (κ2) is 9.84. The number of thioether (sulfide) groups is 1. The van der Waals surface area contributed by atoms with Gasteiger partial charge in [0.05, 0.1) is 0 Å². The van der Waals surface area contributed by atoms with E-state index < -0.39 is 0 Å². The van der Waals surface area contributed by atoms with Crippen LogP contribution in [-0.4, -0.2) is 25.0 Å². The van der Waals surface area contributed by atoms with Crippen LogP contribution >= 0.6 is 23.4 Å². The van der Waals surface area contributed by atoms with Gasteiger partial charge in [-0.15, -0.1) is 0 Å². The van der Waals surface area contributed by atoms with E-state index in [9.17, 15) is 4.79 Å². The highest BCUT2D eigenvalue weighted by Crippen LogP contribution is 2.45. The number of carbonyl (C=O) groups is 1. The van der Waals surface area contributed by atoms with Gasteiger partial charge in [-0.3, -0.25) is 4.79 Å². The predicted octanol–water partition coefficient (Wildman–Crippen LogP) is 5.44. The lowest BCUT2D eigenvalue weighted by Gasteiger charge is -2.31. The van der Waals surface area contributed by atoms with Crippen LogP contribution in [0.5, 0.6) is 11.5 Å². The Bertz CT molecular complexity index is 902. The summed E-state index contributed by atoms with van der Waals surface area (Å²) in [4.78, 5) is 12.5. The lowest BCUT2D eigenvalue weighted by atomic mass is 9.84. The van der Waals surface area contributed by atoms with Crippen molar-refractivity contribution in [2.24, 2.45) is 5.92 Å². The van der Waals surface area contributed by atoms with Crippen LogP contribution in [0.15, 0.2) is 36.4 Å². The number of anilines is 1. The third kappa shape index (κ3) is 4.98. The molecular formula is C23H27ClN2O3S. The molecule has 0 bridgehead atoms. The molecular weight excluding hydrogens is 420 g/mol. The molecule has 7 heteroatoms. The van der Waals surface area contributed by atoms with Crippen molar-refractivity contribution < 1.29 is 14.3 Å². The van der Waals surface area contributed by atoms with Gasteiger partial charge >= 0.3 is 0 Å². The summed E-state index contributed by atoms with van der Waals surface area (Å²) in [5.74, 6) is 2.59. The van der Waals surface area contributed by atoms with E-state index in [-0.39, 0.29) is 12.7 Å². The number of halogens is 1. The molecule has 1 aliphatic carbocycles. The Morgan fingerprint density at radius 1 is 1.13 bits per heavy atom. The van der Waals surface area contributed by atoms with Crippen molar-refractivity contribution in [2.45, 2.75) is 37.4 Å². The van der Waals surface area contributed by atoms with Crippen LogP contribution in [0.4, 0.5) is 5.69 Å². The highest BCUT2D eigenvalue weighted by molar-refractivity contribution is 7.99. The van der Waals surface area contributed by atoms with Gasteiger partial charge in [0.2, 0.25) is 6.79 Å². The molecule has 3 N–H and O–H groups in total. The second-order valence-electron chi connectivity index (χ2n) is 7.79. The van der Waals surface area contributed by atoms with E-state index >= 15 is 0 Å². The summed E-state index contributed by atoms with van der Waals surface area (Å²) < 4.78 is 10.7. The molecule has 1 amide bonds. The van der Waals surface area contributed by atoms with Gasteiger partial charge in [-0.05, 0) is 60.7 Å². The molecule has 1 atom stereocenters. The second-order valence-corrected chi connectivity index (χ2v) is 9.47. The van der Waals surface area contributed by atoms with E-state index in [1.54, 1.807) is 18.2 Å². The first-order valence-corrected chi connectivity index (χ1v) is 11.9. The quantitative estimate of drug-likeness (QED) is 0.438. The molecule has 2 aromatic carbocycles. The maximum atomic E-state index is 12.5. The van der Waals surface area contributed by atoms with Gasteiger partial charge in [0.25, 0.3) is 5.91 Å². The standard InChI is InChI=1S/C23H27ClN2O3S/c24-17-7-8-19(25)18(13-17)22(15-4-2-1-3-5-15)30-11-10-26-23(27)16-6-9-20-21(12-16)29-14-28-20/h6-9,12-13,15,22H,1-5,10-11,14,25H2,(H,26,27). The first-order chi connectivity index (χ1) is 14.6. The molecule has 2 aromatic rings. The minimum absolute atomic E-state index is 0.106. The van der Waals surface area contributed by atoms with E-state index in [0.29, 0.717) is 34.8 Å². The van der Waals surface area contributed by atoms with Crippen molar-refractivity contribution in [3.63, 3.8) is 0 Å². The number of nitrogens with two attached hydrogens (primary N) is 1. The van der Waals surface area contributed by atoms with Gasteiger partial charge in [0, 0.05) is 33.8 Å². The number of nitrogens with one attached hydrogen (secondary N) is 1. The van der Waals surface area contributed by atoms with Gasteiger partial charge < -0.3 is 20.5 Å². The normalized spacial score (nSPS) is 17.0. The Morgan fingerprint density at radius 3 is 2.77 bits per heavy atom. The first-order valence-electron chi connectivity index (χ1n) is 10.5. The average Bonchev–Trinajstić information content (AvgIpc) is 3.24. The number of rotatable bonds is 7. The van der Waals surface area contributed by atoms with Crippen molar-refractivity contribution in [1.29, 1.82) is 0 Å². The fraction of sp³-hybridized carbons (Fsp3) is 0.435. The number of ether oxygens (including phenoxy) is 2. The summed E-state index contributed by atoms with van der Waals surface area (Å²) in [7, 11) is 0. The molecule has 5 nitrogen and oxygen atoms in total. The number of benzene rings is 2. The van der Waals surface area contributed by atoms with E-state index in [4.69, 9.17) is 26.8 Å². The topological polar surface area (TPSA) is 73.6 Å². The highest BCUT2D eigenvalue weighted by atomic mass is 35.5. The third-order valence-electron chi connectivity index (χ3n) is 5.75. The zero-order valence-corrected chi connectivity index (χ0v) is 18.4. The lowest BCUT2D eigenvalue weighted by Crippen LogP contribution is -2.26. The third-order valence-corrected chi connectivity index (χ3v) is 7.43. The largest absolute Gasteiger partial charge is 0.454 e. The Hall–Kier alpha value is -2.05. The smallest absolute Gasteiger partial charge is 0.251 e. The van der Waals surface area contributed by atoms with Crippen LogP contribution in [0.25, 0.3) is 0 Å². The van der Waals surface area contributed by atoms with Crippen LogP contribution in [0.1, 0.15) is 53.3 Å². The van der Waals surface area contributed by atoms with E-state index in [2.05, 4.69) is 5.32 Å². The number of hydrogen-bond acceptors (Lipinski definition) is 5. The minimum atomic E-state index is -0.106. The maximum Gasteiger partial charge on any atom is 0.251 e. The van der Waals surface area contributed by atoms with Gasteiger partial charge in [-0.2, -0.15) is 11.8 Å². The van der Waals surface area contributed by atoms with Crippen molar-refractivity contribution in [1.82, 2.24) is 5.32 Å². The average molecular weight is 447 g/mol. The van der Waals surface area contributed by atoms with Crippen LogP contribution in [0, 0.1) is 5.92 Å². The number of nitrogen functional groups attached to an aromatic ring is 1. The fourth-order valence-electron chi connectivity index (χ4n) is 4.20. The molecule has 0 saturated heterocycles. The molecule has 0 radical (unpaired) electrons. The Kier molecular flexibility index (Phi) is 6.95. The number of fused-ring (bicyclic) bond motifs is 1. The predicted molar refractivity (Wildman–Crippen MR) is 123 cm³/mol. The molecule has 1 saturated carbocycles. The molecule has 4 rings (SSSR count). The monoisotopic (exact) mass is 446 g/mol. The molecule has 0 spiro atoms. The molecule has 1 heterocycles. The lowest BCUT2D eigenvalue weighted by molar-refractivity contribution is 0.0955. The zero-order valence-electron chi connectivity index (χ0n) is 16.9. The van der Waals surface area contributed by atoms with Crippen molar-refractivity contribution in [2.75, 3.05) is 24.8 Å².